The fourth-order valence-electron chi connectivity index (χ4n) is 1.07. The molecule has 1 aromatic heterocycles. The highest BCUT2D eigenvalue weighted by atomic mass is 35.5. The smallest absolute Gasteiger partial charge is 0.309 e. The Kier molecular flexibility index (Phi) is 4.01. The minimum atomic E-state index is -1.12. The Balaban J connectivity index is 2.65. The lowest BCUT2D eigenvalue weighted by Gasteiger charge is -2.17. The monoisotopic (exact) mass is 257 g/mol. The van der Waals surface area contributed by atoms with Crippen LogP contribution in [0.1, 0.15) is 20.3 Å². The van der Waals surface area contributed by atoms with Crippen LogP contribution in [-0.4, -0.2) is 27.0 Å². The normalized spacial score (nSPS) is 11.0. The minimum absolute atomic E-state index is 0.149. The van der Waals surface area contributed by atoms with Crippen LogP contribution in [0.5, 0.6) is 0 Å². The highest BCUT2D eigenvalue weighted by molar-refractivity contribution is 6.29. The summed E-state index contributed by atoms with van der Waals surface area (Å²) in [6, 6.07) is 1.38. The Morgan fingerprint density at radius 1 is 1.47 bits per heavy atom. The maximum absolute atomic E-state index is 11.6. The van der Waals surface area contributed by atoms with Crippen LogP contribution < -0.4 is 5.32 Å². The van der Waals surface area contributed by atoms with Crippen molar-refractivity contribution in [2.75, 3.05) is 5.32 Å². The molecule has 0 spiro atoms. The van der Waals surface area contributed by atoms with E-state index in [9.17, 15) is 9.59 Å². The summed E-state index contributed by atoms with van der Waals surface area (Å²) < 4.78 is 0. The van der Waals surface area contributed by atoms with E-state index in [1.807, 2.05) is 0 Å². The molecular formula is C10H12ClN3O3. The number of anilines is 1. The standard InChI is InChI=1S/C10H12ClN3O3/c1-10(2,9(16)17)4-8(15)14-7-3-6(11)12-5-13-7/h3,5H,4H2,1-2H3,(H,16,17)(H,12,13,14,15). The molecule has 0 aliphatic carbocycles. The average molecular weight is 258 g/mol. The van der Waals surface area contributed by atoms with Gasteiger partial charge in [0.2, 0.25) is 5.91 Å². The van der Waals surface area contributed by atoms with Gasteiger partial charge in [-0.3, -0.25) is 9.59 Å². The van der Waals surface area contributed by atoms with E-state index in [0.29, 0.717) is 0 Å². The topological polar surface area (TPSA) is 92.2 Å². The van der Waals surface area contributed by atoms with Gasteiger partial charge >= 0.3 is 5.97 Å². The average Bonchev–Trinajstić information content (AvgIpc) is 2.15. The second-order valence-electron chi connectivity index (χ2n) is 4.14. The molecule has 1 heterocycles. The van der Waals surface area contributed by atoms with Crippen LogP contribution in [0, 0.1) is 5.41 Å². The molecule has 1 aromatic rings. The van der Waals surface area contributed by atoms with Crippen molar-refractivity contribution in [1.82, 2.24) is 9.97 Å². The van der Waals surface area contributed by atoms with Gasteiger partial charge in [0.1, 0.15) is 17.3 Å². The number of amides is 1. The van der Waals surface area contributed by atoms with Crippen LogP contribution in [0.15, 0.2) is 12.4 Å². The number of carbonyl (C=O) groups is 2. The van der Waals surface area contributed by atoms with Crippen molar-refractivity contribution in [1.29, 1.82) is 0 Å². The van der Waals surface area contributed by atoms with Gasteiger partial charge in [-0.25, -0.2) is 9.97 Å². The van der Waals surface area contributed by atoms with Crippen LogP contribution in [0.25, 0.3) is 0 Å². The lowest BCUT2D eigenvalue weighted by Crippen LogP contribution is -2.29. The number of carboxylic acid groups (broad SMARTS) is 1. The van der Waals surface area contributed by atoms with E-state index in [-0.39, 0.29) is 17.4 Å². The third-order valence-corrected chi connectivity index (χ3v) is 2.29. The SMILES string of the molecule is CC(C)(CC(=O)Nc1cc(Cl)ncn1)C(=O)O. The number of hydrogen-bond donors (Lipinski definition) is 2. The fourth-order valence-corrected chi connectivity index (χ4v) is 1.21. The molecule has 0 atom stereocenters. The number of aliphatic carboxylic acids is 1. The number of halogens is 1. The predicted octanol–water partition coefficient (Wildman–Crippen LogP) is 1.57. The number of rotatable bonds is 4. The van der Waals surface area contributed by atoms with Crippen LogP contribution in [0.2, 0.25) is 5.15 Å². The van der Waals surface area contributed by atoms with E-state index in [0.717, 1.165) is 0 Å². The summed E-state index contributed by atoms with van der Waals surface area (Å²) in [6.45, 7) is 2.95. The first-order valence-electron chi connectivity index (χ1n) is 4.82. The van der Waals surface area contributed by atoms with Crippen molar-refractivity contribution in [3.63, 3.8) is 0 Å². The number of nitrogens with one attached hydrogen (secondary N) is 1. The van der Waals surface area contributed by atoms with Gasteiger partial charge in [-0.2, -0.15) is 0 Å². The van der Waals surface area contributed by atoms with Gasteiger partial charge in [-0.05, 0) is 13.8 Å². The lowest BCUT2D eigenvalue weighted by molar-refractivity contribution is -0.148. The molecule has 0 aromatic carbocycles. The molecule has 0 radical (unpaired) electrons. The molecule has 0 unspecified atom stereocenters. The number of nitrogens with zero attached hydrogens (tertiary/aromatic N) is 2. The van der Waals surface area contributed by atoms with Crippen LogP contribution in [0.4, 0.5) is 5.82 Å². The van der Waals surface area contributed by atoms with Gasteiger partial charge < -0.3 is 10.4 Å². The zero-order valence-corrected chi connectivity index (χ0v) is 10.2. The maximum atomic E-state index is 11.6. The molecule has 0 saturated carbocycles. The molecule has 1 rings (SSSR count). The van der Waals surface area contributed by atoms with Gasteiger partial charge in [0, 0.05) is 12.5 Å². The minimum Gasteiger partial charge on any atom is -0.481 e. The van der Waals surface area contributed by atoms with E-state index in [1.54, 1.807) is 0 Å². The van der Waals surface area contributed by atoms with Crippen molar-refractivity contribution in [2.24, 2.45) is 5.41 Å². The number of carboxylic acids is 1. The molecule has 0 aliphatic heterocycles. The molecule has 0 aliphatic rings. The molecule has 1 amide bonds. The zero-order valence-electron chi connectivity index (χ0n) is 9.40. The first-order valence-corrected chi connectivity index (χ1v) is 5.20. The molecule has 7 heteroatoms. The van der Waals surface area contributed by atoms with Gasteiger partial charge in [0.15, 0.2) is 0 Å². The number of aromatic nitrogens is 2. The van der Waals surface area contributed by atoms with Crippen LogP contribution in [-0.2, 0) is 9.59 Å². The van der Waals surface area contributed by atoms with E-state index in [4.69, 9.17) is 16.7 Å². The van der Waals surface area contributed by atoms with E-state index >= 15 is 0 Å². The number of hydrogen-bond acceptors (Lipinski definition) is 4. The van der Waals surface area contributed by atoms with Crippen LogP contribution in [0.3, 0.4) is 0 Å². The Morgan fingerprint density at radius 2 is 2.12 bits per heavy atom. The summed E-state index contributed by atoms with van der Waals surface area (Å²) in [7, 11) is 0. The lowest BCUT2D eigenvalue weighted by atomic mass is 9.89. The first-order chi connectivity index (χ1) is 7.81. The summed E-state index contributed by atoms with van der Waals surface area (Å²) in [6.07, 6.45) is 1.06. The van der Waals surface area contributed by atoms with Crippen molar-refractivity contribution < 1.29 is 14.7 Å². The molecule has 0 saturated heterocycles. The van der Waals surface area contributed by atoms with Crippen LogP contribution >= 0.6 is 11.6 Å². The highest BCUT2D eigenvalue weighted by Crippen LogP contribution is 2.21. The van der Waals surface area contributed by atoms with E-state index < -0.39 is 17.3 Å². The zero-order chi connectivity index (χ0) is 13.1. The Morgan fingerprint density at radius 3 is 2.65 bits per heavy atom. The third-order valence-electron chi connectivity index (χ3n) is 2.08. The molecule has 2 N–H and O–H groups in total. The Hall–Kier alpha value is -1.69. The van der Waals surface area contributed by atoms with Crippen molar-refractivity contribution in [2.45, 2.75) is 20.3 Å². The predicted molar refractivity (Wildman–Crippen MR) is 61.7 cm³/mol. The Bertz CT molecular complexity index is 448. The second kappa shape index (κ2) is 5.09. The highest BCUT2D eigenvalue weighted by Gasteiger charge is 2.30. The summed E-state index contributed by atoms with van der Waals surface area (Å²) >= 11 is 5.62. The Labute approximate surface area is 103 Å². The maximum Gasteiger partial charge on any atom is 0.309 e. The first kappa shape index (κ1) is 13.4. The summed E-state index contributed by atoms with van der Waals surface area (Å²) in [5.41, 5.74) is -1.12. The van der Waals surface area contributed by atoms with Gasteiger partial charge in [0.25, 0.3) is 0 Å². The summed E-state index contributed by atoms with van der Waals surface area (Å²) in [5.74, 6) is -1.23. The number of carbonyl (C=O) groups excluding carboxylic acids is 1. The molecule has 17 heavy (non-hydrogen) atoms. The molecule has 0 bridgehead atoms. The fraction of sp³-hybridized carbons (Fsp3) is 0.400. The van der Waals surface area contributed by atoms with Crippen molar-refractivity contribution in [3.05, 3.63) is 17.5 Å². The van der Waals surface area contributed by atoms with E-state index in [2.05, 4.69) is 15.3 Å². The molecule has 92 valence electrons. The molecule has 0 fully saturated rings. The molecular weight excluding hydrogens is 246 g/mol. The second-order valence-corrected chi connectivity index (χ2v) is 4.53. The van der Waals surface area contributed by atoms with E-state index in [1.165, 1.54) is 26.2 Å². The summed E-state index contributed by atoms with van der Waals surface area (Å²) in [4.78, 5) is 29.8. The third kappa shape index (κ3) is 3.99. The summed E-state index contributed by atoms with van der Waals surface area (Å²) in [5, 5.41) is 11.5. The van der Waals surface area contributed by atoms with Gasteiger partial charge in [-0.1, -0.05) is 11.6 Å². The quantitative estimate of drug-likeness (QED) is 0.799. The largest absolute Gasteiger partial charge is 0.481 e. The van der Waals surface area contributed by atoms with Crippen molar-refractivity contribution >= 4 is 29.3 Å². The molecule has 6 nitrogen and oxygen atoms in total. The van der Waals surface area contributed by atoms with Gasteiger partial charge in [0.05, 0.1) is 5.41 Å². The van der Waals surface area contributed by atoms with Gasteiger partial charge in [-0.15, -0.1) is 0 Å². The van der Waals surface area contributed by atoms with Crippen molar-refractivity contribution in [3.8, 4) is 0 Å².